The van der Waals surface area contributed by atoms with Gasteiger partial charge in [0.25, 0.3) is 5.91 Å². The monoisotopic (exact) mass is 283 g/mol. The van der Waals surface area contributed by atoms with E-state index in [4.69, 9.17) is 4.52 Å². The van der Waals surface area contributed by atoms with Crippen LogP contribution in [0.25, 0.3) is 0 Å². The average molecular weight is 284 g/mol. The number of halogens is 1. The number of amides is 1. The van der Waals surface area contributed by atoms with Gasteiger partial charge in [-0.25, -0.2) is 0 Å². The van der Waals surface area contributed by atoms with E-state index in [1.807, 2.05) is 6.20 Å². The number of nitrogens with one attached hydrogen (secondary N) is 1. The van der Waals surface area contributed by atoms with E-state index in [2.05, 4.69) is 26.4 Å². The van der Waals surface area contributed by atoms with Crippen molar-refractivity contribution in [2.24, 2.45) is 7.05 Å². The van der Waals surface area contributed by atoms with Crippen molar-refractivity contribution in [2.45, 2.75) is 6.92 Å². The molecular formula is C10H10BrN3O2. The van der Waals surface area contributed by atoms with E-state index in [0.717, 1.165) is 4.47 Å². The number of hydrogen-bond donors (Lipinski definition) is 1. The van der Waals surface area contributed by atoms with Crippen LogP contribution in [-0.2, 0) is 7.05 Å². The van der Waals surface area contributed by atoms with E-state index in [9.17, 15) is 4.79 Å². The van der Waals surface area contributed by atoms with Crippen LogP contribution in [-0.4, -0.2) is 15.6 Å². The number of hydrogen-bond acceptors (Lipinski definition) is 3. The summed E-state index contributed by atoms with van der Waals surface area (Å²) in [5.74, 6) is 0.852. The number of carbonyl (C=O) groups is 1. The molecule has 0 saturated heterocycles. The number of aromatic nitrogens is 2. The van der Waals surface area contributed by atoms with Crippen LogP contribution >= 0.6 is 15.9 Å². The maximum Gasteiger partial charge on any atom is 0.273 e. The summed E-state index contributed by atoms with van der Waals surface area (Å²) in [4.78, 5) is 11.8. The maximum absolute atomic E-state index is 11.8. The van der Waals surface area contributed by atoms with Gasteiger partial charge in [-0.2, -0.15) is 0 Å². The zero-order chi connectivity index (χ0) is 11.7. The first-order valence-corrected chi connectivity index (χ1v) is 5.42. The van der Waals surface area contributed by atoms with Gasteiger partial charge in [0.2, 0.25) is 0 Å². The molecule has 84 valence electrons. The minimum Gasteiger partial charge on any atom is -0.360 e. The zero-order valence-electron chi connectivity index (χ0n) is 8.82. The summed E-state index contributed by atoms with van der Waals surface area (Å²) in [6, 6.07) is 3.40. The van der Waals surface area contributed by atoms with E-state index in [-0.39, 0.29) is 5.91 Å². The Hall–Kier alpha value is -1.56. The minimum absolute atomic E-state index is 0.221. The van der Waals surface area contributed by atoms with Crippen molar-refractivity contribution in [3.05, 3.63) is 34.3 Å². The molecule has 2 aromatic heterocycles. The molecule has 0 aliphatic heterocycles. The Balaban J connectivity index is 2.17. The summed E-state index contributed by atoms with van der Waals surface area (Å²) < 4.78 is 7.44. The van der Waals surface area contributed by atoms with Crippen LogP contribution < -0.4 is 5.32 Å². The number of anilines is 1. The smallest absolute Gasteiger partial charge is 0.273 e. The molecule has 0 spiro atoms. The Morgan fingerprint density at radius 3 is 2.81 bits per heavy atom. The lowest BCUT2D eigenvalue weighted by Crippen LogP contribution is -2.15. The van der Waals surface area contributed by atoms with Gasteiger partial charge in [0, 0.05) is 23.8 Å². The van der Waals surface area contributed by atoms with Crippen molar-refractivity contribution in [3.8, 4) is 0 Å². The van der Waals surface area contributed by atoms with Gasteiger partial charge in [0.05, 0.1) is 0 Å². The molecule has 2 heterocycles. The highest BCUT2D eigenvalue weighted by atomic mass is 79.9. The molecule has 1 amide bonds. The molecule has 0 bridgehead atoms. The van der Waals surface area contributed by atoms with Crippen molar-refractivity contribution < 1.29 is 9.32 Å². The third kappa shape index (κ3) is 2.16. The van der Waals surface area contributed by atoms with Crippen molar-refractivity contribution in [3.63, 3.8) is 0 Å². The predicted octanol–water partition coefficient (Wildman–Crippen LogP) is 2.34. The van der Waals surface area contributed by atoms with Crippen LogP contribution in [0.5, 0.6) is 0 Å². The highest BCUT2D eigenvalue weighted by Gasteiger charge is 2.12. The molecule has 0 unspecified atom stereocenters. The van der Waals surface area contributed by atoms with E-state index >= 15 is 0 Å². The van der Waals surface area contributed by atoms with Gasteiger partial charge in [0.15, 0.2) is 5.82 Å². The maximum atomic E-state index is 11.8. The Bertz CT molecular complexity index is 530. The highest BCUT2D eigenvalue weighted by molar-refractivity contribution is 9.10. The molecule has 6 heteroatoms. The van der Waals surface area contributed by atoms with Gasteiger partial charge in [-0.1, -0.05) is 5.16 Å². The molecule has 0 aliphatic rings. The van der Waals surface area contributed by atoms with Gasteiger partial charge in [0.1, 0.15) is 11.5 Å². The molecule has 2 rings (SSSR count). The number of aryl methyl sites for hydroxylation is 2. The third-order valence-electron chi connectivity index (χ3n) is 2.07. The van der Waals surface area contributed by atoms with Gasteiger partial charge < -0.3 is 14.4 Å². The Morgan fingerprint density at radius 2 is 2.31 bits per heavy atom. The standard InChI is InChI=1S/C10H10BrN3O2/c1-6-3-9(13-16-6)12-10(15)8-4-7(11)5-14(8)2/h3-5H,1-2H3,(H,12,13,15). The fourth-order valence-electron chi connectivity index (χ4n) is 1.36. The Morgan fingerprint density at radius 1 is 1.56 bits per heavy atom. The van der Waals surface area contributed by atoms with Gasteiger partial charge in [-0.15, -0.1) is 0 Å². The predicted molar refractivity (Wildman–Crippen MR) is 62.3 cm³/mol. The number of rotatable bonds is 2. The summed E-state index contributed by atoms with van der Waals surface area (Å²) in [5, 5.41) is 6.34. The summed E-state index contributed by atoms with van der Waals surface area (Å²) in [7, 11) is 1.80. The Kier molecular flexibility index (Phi) is 2.82. The second kappa shape index (κ2) is 4.13. The fraction of sp³-hybridized carbons (Fsp3) is 0.200. The molecule has 2 aromatic rings. The minimum atomic E-state index is -0.221. The molecule has 1 N–H and O–H groups in total. The van der Waals surface area contributed by atoms with E-state index in [1.54, 1.807) is 30.7 Å². The van der Waals surface area contributed by atoms with Crippen LogP contribution in [0.2, 0.25) is 0 Å². The normalized spacial score (nSPS) is 10.4. The van der Waals surface area contributed by atoms with E-state index in [1.165, 1.54) is 0 Å². The fourth-order valence-corrected chi connectivity index (χ4v) is 1.88. The first-order chi connectivity index (χ1) is 7.56. The molecule has 0 aliphatic carbocycles. The molecule has 0 saturated carbocycles. The number of nitrogens with zero attached hydrogens (tertiary/aromatic N) is 2. The van der Waals surface area contributed by atoms with Crippen molar-refractivity contribution >= 4 is 27.7 Å². The molecule has 16 heavy (non-hydrogen) atoms. The van der Waals surface area contributed by atoms with Crippen LogP contribution in [0, 0.1) is 6.92 Å². The quantitative estimate of drug-likeness (QED) is 0.920. The molecule has 5 nitrogen and oxygen atoms in total. The second-order valence-electron chi connectivity index (χ2n) is 3.43. The van der Waals surface area contributed by atoms with Gasteiger partial charge in [-0.3, -0.25) is 4.79 Å². The van der Waals surface area contributed by atoms with Crippen molar-refractivity contribution in [1.82, 2.24) is 9.72 Å². The first-order valence-electron chi connectivity index (χ1n) is 4.63. The lowest BCUT2D eigenvalue weighted by Gasteiger charge is -2.01. The van der Waals surface area contributed by atoms with E-state index in [0.29, 0.717) is 17.3 Å². The SMILES string of the molecule is Cc1cc(NC(=O)c2cc(Br)cn2C)no1. The van der Waals surface area contributed by atoms with Crippen LogP contribution in [0.1, 0.15) is 16.2 Å². The lowest BCUT2D eigenvalue weighted by molar-refractivity contribution is 0.101. The molecule has 0 atom stereocenters. The molecule has 0 radical (unpaired) electrons. The van der Waals surface area contributed by atoms with Crippen LogP contribution in [0.4, 0.5) is 5.82 Å². The lowest BCUT2D eigenvalue weighted by atomic mass is 10.4. The third-order valence-corrected chi connectivity index (χ3v) is 2.51. The van der Waals surface area contributed by atoms with Crippen molar-refractivity contribution in [1.29, 1.82) is 0 Å². The second-order valence-corrected chi connectivity index (χ2v) is 4.35. The summed E-state index contributed by atoms with van der Waals surface area (Å²) in [6.45, 7) is 1.77. The van der Waals surface area contributed by atoms with Gasteiger partial charge in [-0.05, 0) is 28.9 Å². The molecular weight excluding hydrogens is 274 g/mol. The van der Waals surface area contributed by atoms with E-state index < -0.39 is 0 Å². The summed E-state index contributed by atoms with van der Waals surface area (Å²) >= 11 is 3.31. The highest BCUT2D eigenvalue weighted by Crippen LogP contribution is 2.15. The largest absolute Gasteiger partial charge is 0.360 e. The summed E-state index contributed by atoms with van der Waals surface area (Å²) in [5.41, 5.74) is 0.549. The Labute approximate surface area is 101 Å². The zero-order valence-corrected chi connectivity index (χ0v) is 10.4. The molecule has 0 aromatic carbocycles. The van der Waals surface area contributed by atoms with Gasteiger partial charge >= 0.3 is 0 Å². The molecule has 0 fully saturated rings. The average Bonchev–Trinajstić information content (AvgIpc) is 2.73. The first kappa shape index (κ1) is 10.9. The van der Waals surface area contributed by atoms with Crippen LogP contribution in [0.3, 0.4) is 0 Å². The number of carbonyl (C=O) groups excluding carboxylic acids is 1. The van der Waals surface area contributed by atoms with Crippen LogP contribution in [0.15, 0.2) is 27.3 Å². The summed E-state index contributed by atoms with van der Waals surface area (Å²) in [6.07, 6.45) is 1.81. The topological polar surface area (TPSA) is 60.1 Å². The van der Waals surface area contributed by atoms with Crippen molar-refractivity contribution in [2.75, 3.05) is 5.32 Å².